The molecule has 2 heterocycles. The Morgan fingerprint density at radius 3 is 2.42 bits per heavy atom. The summed E-state index contributed by atoms with van der Waals surface area (Å²) in [6.07, 6.45) is -1.83. The van der Waals surface area contributed by atoms with Gasteiger partial charge < -0.3 is 24.6 Å². The van der Waals surface area contributed by atoms with E-state index in [0.29, 0.717) is 17.5 Å². The third-order valence-electron chi connectivity index (χ3n) is 7.70. The summed E-state index contributed by atoms with van der Waals surface area (Å²) in [5, 5.41) is 24.8. The summed E-state index contributed by atoms with van der Waals surface area (Å²) < 4.78 is 19.7. The van der Waals surface area contributed by atoms with E-state index in [1.54, 1.807) is 23.4 Å². The number of esters is 1. The molecule has 2 N–H and O–H groups in total. The van der Waals surface area contributed by atoms with Crippen molar-refractivity contribution >= 4 is 23.6 Å². The maximum absolute atomic E-state index is 12.3. The molecule has 12 heteroatoms. The van der Waals surface area contributed by atoms with Crippen LogP contribution < -0.4 is 5.32 Å². The average Bonchev–Trinajstić information content (AvgIpc) is 3.47. The van der Waals surface area contributed by atoms with Crippen molar-refractivity contribution in [3.8, 4) is 11.1 Å². The summed E-state index contributed by atoms with van der Waals surface area (Å²) in [5.74, 6) is -0.173. The third-order valence-corrected chi connectivity index (χ3v) is 8.80. The smallest absolute Gasteiger partial charge is 0.303 e. The van der Waals surface area contributed by atoms with Crippen molar-refractivity contribution in [3.63, 3.8) is 0 Å². The normalized spacial score (nSPS) is 20.4. The van der Waals surface area contributed by atoms with Gasteiger partial charge in [0.05, 0.1) is 18.8 Å². The summed E-state index contributed by atoms with van der Waals surface area (Å²) in [5.41, 5.74) is 5.67. The maximum Gasteiger partial charge on any atom is 0.303 e. The van der Waals surface area contributed by atoms with Crippen LogP contribution in [0.3, 0.4) is 0 Å². The molecule has 0 spiro atoms. The molecule has 0 radical (unpaired) electrons. The number of amides is 1. The number of aryl methyl sites for hydroxylation is 1. The first-order chi connectivity index (χ1) is 21.7. The summed E-state index contributed by atoms with van der Waals surface area (Å²) in [6.45, 7) is 5.23. The van der Waals surface area contributed by atoms with Crippen LogP contribution in [0.5, 0.6) is 0 Å². The van der Waals surface area contributed by atoms with Crippen LogP contribution in [0.2, 0.25) is 0 Å². The second kappa shape index (κ2) is 14.8. The van der Waals surface area contributed by atoms with Crippen molar-refractivity contribution in [2.24, 2.45) is 13.0 Å². The number of benzene rings is 3. The van der Waals surface area contributed by atoms with E-state index in [4.69, 9.17) is 14.2 Å². The number of carbonyl (C=O) groups is 2. The van der Waals surface area contributed by atoms with E-state index in [1.807, 2.05) is 79.8 Å². The first-order valence-corrected chi connectivity index (χ1v) is 15.7. The van der Waals surface area contributed by atoms with E-state index in [1.165, 1.54) is 6.92 Å². The minimum absolute atomic E-state index is 0.0166. The topological polar surface area (TPSA) is 138 Å². The molecular formula is C33H37N5O6S. The van der Waals surface area contributed by atoms with Gasteiger partial charge in [0.15, 0.2) is 12.4 Å². The molecule has 5 rings (SSSR count). The monoisotopic (exact) mass is 631 g/mol. The Labute approximate surface area is 266 Å². The lowest BCUT2D eigenvalue weighted by atomic mass is 9.91. The van der Waals surface area contributed by atoms with Crippen LogP contribution in [0.15, 0.2) is 78.0 Å². The number of thioether (sulfide) groups is 1. The number of rotatable bonds is 11. The molecule has 1 fully saturated rings. The summed E-state index contributed by atoms with van der Waals surface area (Å²) in [4.78, 5) is 23.4. The zero-order valence-corrected chi connectivity index (χ0v) is 26.4. The molecule has 3 aromatic carbocycles. The van der Waals surface area contributed by atoms with Gasteiger partial charge >= 0.3 is 5.97 Å². The third kappa shape index (κ3) is 8.14. The predicted molar refractivity (Wildman–Crippen MR) is 167 cm³/mol. The van der Waals surface area contributed by atoms with E-state index in [9.17, 15) is 14.7 Å². The summed E-state index contributed by atoms with van der Waals surface area (Å²) >= 11 is 1.54. The number of hydrogen-bond acceptors (Lipinski definition) is 10. The summed E-state index contributed by atoms with van der Waals surface area (Å²) in [7, 11) is 1.81. The van der Waals surface area contributed by atoms with Crippen molar-refractivity contribution in [1.29, 1.82) is 0 Å². The van der Waals surface area contributed by atoms with Crippen LogP contribution in [0.4, 0.5) is 0 Å². The molecule has 1 aliphatic rings. The van der Waals surface area contributed by atoms with Gasteiger partial charge in [0.25, 0.3) is 5.91 Å². The fourth-order valence-corrected chi connectivity index (χ4v) is 6.15. The highest BCUT2D eigenvalue weighted by Crippen LogP contribution is 2.43. The number of carbonyl (C=O) groups excluding carboxylic acids is 2. The van der Waals surface area contributed by atoms with Crippen LogP contribution in [-0.2, 0) is 44.0 Å². The van der Waals surface area contributed by atoms with Crippen LogP contribution in [0.25, 0.3) is 11.1 Å². The fraction of sp³-hybridized carbons (Fsp3) is 0.364. The van der Waals surface area contributed by atoms with E-state index >= 15 is 0 Å². The minimum atomic E-state index is -0.855. The van der Waals surface area contributed by atoms with E-state index < -0.39 is 18.4 Å². The van der Waals surface area contributed by atoms with E-state index in [2.05, 4.69) is 27.8 Å². The zero-order valence-electron chi connectivity index (χ0n) is 25.6. The largest absolute Gasteiger partial charge is 0.453 e. The maximum atomic E-state index is 12.3. The predicted octanol–water partition coefficient (Wildman–Crippen LogP) is 4.52. The number of nitrogens with one attached hydrogen (secondary N) is 1. The van der Waals surface area contributed by atoms with Crippen molar-refractivity contribution in [2.75, 3.05) is 5.75 Å². The number of aromatic nitrogens is 4. The SMILES string of the molecule is CC(=O)O[C@@H](C)C(=O)NCc1cccc(-c2ccc([C@H]3O[C@@H](CSc4nnnn4C)[C@@H](C)[C@@H](c4ccc(CO)cc4)O3)cc2)c1. The van der Waals surface area contributed by atoms with Crippen molar-refractivity contribution in [1.82, 2.24) is 25.5 Å². The van der Waals surface area contributed by atoms with Gasteiger partial charge in [-0.3, -0.25) is 9.59 Å². The van der Waals surface area contributed by atoms with Crippen LogP contribution >= 0.6 is 11.8 Å². The molecule has 11 nitrogen and oxygen atoms in total. The molecule has 0 aliphatic carbocycles. The molecule has 45 heavy (non-hydrogen) atoms. The second-order valence-corrected chi connectivity index (χ2v) is 12.0. The van der Waals surface area contributed by atoms with Crippen LogP contribution in [-0.4, -0.2) is 55.2 Å². The highest BCUT2D eigenvalue weighted by atomic mass is 32.2. The fourth-order valence-electron chi connectivity index (χ4n) is 5.14. The van der Waals surface area contributed by atoms with Gasteiger partial charge in [-0.1, -0.05) is 85.4 Å². The molecule has 1 saturated heterocycles. The van der Waals surface area contributed by atoms with Crippen molar-refractivity contribution in [2.45, 2.75) is 63.7 Å². The number of nitrogens with zero attached hydrogens (tertiary/aromatic N) is 4. The molecule has 5 atom stereocenters. The Balaban J connectivity index is 1.31. The Kier molecular flexibility index (Phi) is 10.6. The van der Waals surface area contributed by atoms with Gasteiger partial charge in [0.2, 0.25) is 5.16 Å². The van der Waals surface area contributed by atoms with Gasteiger partial charge in [0, 0.05) is 37.8 Å². The number of aliphatic hydroxyl groups excluding tert-OH is 1. The van der Waals surface area contributed by atoms with Gasteiger partial charge in [-0.25, -0.2) is 4.68 Å². The average molecular weight is 632 g/mol. The van der Waals surface area contributed by atoms with Gasteiger partial charge in [-0.15, -0.1) is 5.10 Å². The number of hydrogen-bond donors (Lipinski definition) is 2. The number of ether oxygens (including phenoxy) is 3. The molecule has 1 aliphatic heterocycles. The standard InChI is InChI=1S/C33H37N5O6S/c1-20-29(19-45-33-35-36-37-38(33)4)43-32(44-30(20)26-10-8-23(18-39)9-11-26)27-14-12-25(13-15-27)28-7-5-6-24(16-28)17-34-31(41)21(2)42-22(3)40/h5-16,20-21,29-30,32,39H,17-19H2,1-4H3,(H,34,41)/t20-,21+,29+,30+,32+/m1/s1. The first-order valence-electron chi connectivity index (χ1n) is 14.7. The van der Waals surface area contributed by atoms with Crippen molar-refractivity contribution < 1.29 is 28.9 Å². The Hall–Kier alpha value is -4.10. The second-order valence-electron chi connectivity index (χ2n) is 11.0. The summed E-state index contributed by atoms with van der Waals surface area (Å²) in [6, 6.07) is 23.8. The molecule has 4 aromatic rings. The molecular weight excluding hydrogens is 594 g/mol. The lowest BCUT2D eigenvalue weighted by molar-refractivity contribution is -0.268. The van der Waals surface area contributed by atoms with Gasteiger partial charge in [-0.05, 0) is 51.2 Å². The Morgan fingerprint density at radius 2 is 1.76 bits per heavy atom. The number of aliphatic hydroxyl groups is 1. The lowest BCUT2D eigenvalue weighted by Crippen LogP contribution is -2.38. The molecule has 236 valence electrons. The Bertz CT molecular complexity index is 1600. The van der Waals surface area contributed by atoms with Crippen LogP contribution in [0, 0.1) is 5.92 Å². The molecule has 1 amide bonds. The minimum Gasteiger partial charge on any atom is -0.453 e. The molecule has 1 aromatic heterocycles. The van der Waals surface area contributed by atoms with Gasteiger partial charge in [-0.2, -0.15) is 0 Å². The highest BCUT2D eigenvalue weighted by molar-refractivity contribution is 7.99. The molecule has 0 unspecified atom stereocenters. The zero-order chi connectivity index (χ0) is 31.9. The van der Waals surface area contributed by atoms with Crippen LogP contribution in [0.1, 0.15) is 55.4 Å². The quantitative estimate of drug-likeness (QED) is 0.180. The molecule has 0 saturated carbocycles. The lowest BCUT2D eigenvalue weighted by Gasteiger charge is -2.41. The van der Waals surface area contributed by atoms with E-state index in [0.717, 1.165) is 33.4 Å². The first kappa shape index (κ1) is 32.3. The Morgan fingerprint density at radius 1 is 1.02 bits per heavy atom. The van der Waals surface area contributed by atoms with Crippen molar-refractivity contribution in [3.05, 3.63) is 95.1 Å². The number of tetrazole rings is 1. The van der Waals surface area contributed by atoms with Gasteiger partial charge in [0.1, 0.15) is 0 Å². The van der Waals surface area contributed by atoms with E-state index in [-0.39, 0.29) is 30.6 Å². The molecule has 0 bridgehead atoms. The highest BCUT2D eigenvalue weighted by Gasteiger charge is 2.38.